The maximum atomic E-state index is 14.3. The molecule has 0 spiro atoms. The molecular weight excluding hydrogens is 317 g/mol. The molecule has 1 amide bonds. The summed E-state index contributed by atoms with van der Waals surface area (Å²) in [6.45, 7) is 2.96. The Bertz CT molecular complexity index is 888. The number of unbranched alkanes of at least 4 members (excludes halogenated alkanes) is 1. The highest BCUT2D eigenvalue weighted by Gasteiger charge is 2.18. The number of hydrogen-bond donors (Lipinski definition) is 0. The van der Waals surface area contributed by atoms with Crippen LogP contribution in [-0.2, 0) is 11.3 Å². The van der Waals surface area contributed by atoms with Gasteiger partial charge < -0.3 is 9.47 Å². The van der Waals surface area contributed by atoms with Crippen LogP contribution >= 0.6 is 0 Å². The number of benzene rings is 2. The molecule has 5 heteroatoms. The van der Waals surface area contributed by atoms with Crippen LogP contribution in [0.15, 0.2) is 48.5 Å². The van der Waals surface area contributed by atoms with Crippen molar-refractivity contribution in [2.24, 2.45) is 0 Å². The predicted molar refractivity (Wildman–Crippen MR) is 97.7 cm³/mol. The van der Waals surface area contributed by atoms with Crippen LogP contribution in [0.25, 0.3) is 22.4 Å². The van der Waals surface area contributed by atoms with E-state index >= 15 is 0 Å². The quantitative estimate of drug-likeness (QED) is 0.678. The summed E-state index contributed by atoms with van der Waals surface area (Å²) in [6.07, 6.45) is 2.00. The fourth-order valence-corrected chi connectivity index (χ4v) is 2.86. The van der Waals surface area contributed by atoms with Gasteiger partial charge in [-0.1, -0.05) is 37.6 Å². The zero-order chi connectivity index (χ0) is 17.8. The number of imidazole rings is 1. The van der Waals surface area contributed by atoms with Crippen LogP contribution in [0.3, 0.4) is 0 Å². The lowest BCUT2D eigenvalue weighted by molar-refractivity contribution is -0.130. The van der Waals surface area contributed by atoms with E-state index < -0.39 is 0 Å². The van der Waals surface area contributed by atoms with Crippen LogP contribution in [-0.4, -0.2) is 34.0 Å². The fraction of sp³-hybridized carbons (Fsp3) is 0.300. The molecule has 130 valence electrons. The standard InChI is InChI=1S/C20H22FN3O/c1-3-4-13-23(2)19(25)14-24-18-12-8-7-11-17(18)22-20(24)15-9-5-6-10-16(15)21/h5-12H,3-4,13-14H2,1-2H3. The average molecular weight is 339 g/mol. The molecule has 0 saturated carbocycles. The van der Waals surface area contributed by atoms with Gasteiger partial charge in [0.2, 0.25) is 5.91 Å². The molecule has 0 radical (unpaired) electrons. The number of aromatic nitrogens is 2. The van der Waals surface area contributed by atoms with Gasteiger partial charge in [0.05, 0.1) is 16.6 Å². The van der Waals surface area contributed by atoms with Gasteiger partial charge in [-0.05, 0) is 30.7 Å². The van der Waals surface area contributed by atoms with Crippen LogP contribution in [0, 0.1) is 5.82 Å². The van der Waals surface area contributed by atoms with Crippen molar-refractivity contribution in [3.63, 3.8) is 0 Å². The summed E-state index contributed by atoms with van der Waals surface area (Å²) >= 11 is 0. The van der Waals surface area contributed by atoms with Crippen LogP contribution in [0.2, 0.25) is 0 Å². The Morgan fingerprint density at radius 3 is 2.64 bits per heavy atom. The van der Waals surface area contributed by atoms with Gasteiger partial charge in [-0.3, -0.25) is 4.79 Å². The van der Waals surface area contributed by atoms with Crippen molar-refractivity contribution in [1.82, 2.24) is 14.5 Å². The number of carbonyl (C=O) groups excluding carboxylic acids is 1. The largest absolute Gasteiger partial charge is 0.344 e. The summed E-state index contributed by atoms with van der Waals surface area (Å²) in [5.74, 6) is 0.136. The molecule has 3 aromatic rings. The number of amides is 1. The van der Waals surface area contributed by atoms with E-state index in [9.17, 15) is 9.18 Å². The molecule has 0 saturated heterocycles. The highest BCUT2D eigenvalue weighted by Crippen LogP contribution is 2.26. The first-order valence-corrected chi connectivity index (χ1v) is 8.56. The molecule has 0 atom stereocenters. The van der Waals surface area contributed by atoms with Crippen LogP contribution in [0.1, 0.15) is 19.8 Å². The number of halogens is 1. The minimum absolute atomic E-state index is 0.00538. The van der Waals surface area contributed by atoms with Crippen molar-refractivity contribution < 1.29 is 9.18 Å². The van der Waals surface area contributed by atoms with Crippen molar-refractivity contribution >= 4 is 16.9 Å². The fourth-order valence-electron chi connectivity index (χ4n) is 2.86. The second-order valence-corrected chi connectivity index (χ2v) is 6.16. The molecule has 0 fully saturated rings. The Labute approximate surface area is 146 Å². The van der Waals surface area contributed by atoms with Crippen molar-refractivity contribution in [3.05, 3.63) is 54.3 Å². The van der Waals surface area contributed by atoms with Crippen LogP contribution in [0.4, 0.5) is 4.39 Å². The molecule has 0 aliphatic rings. The molecule has 3 rings (SSSR count). The minimum Gasteiger partial charge on any atom is -0.344 e. The van der Waals surface area contributed by atoms with E-state index in [-0.39, 0.29) is 18.3 Å². The Balaban J connectivity index is 2.02. The number of carbonyl (C=O) groups is 1. The first-order valence-electron chi connectivity index (χ1n) is 8.56. The molecule has 4 nitrogen and oxygen atoms in total. The SMILES string of the molecule is CCCCN(C)C(=O)Cn1c(-c2ccccc2F)nc2ccccc21. The summed E-state index contributed by atoms with van der Waals surface area (Å²) < 4.78 is 16.1. The molecule has 1 heterocycles. The maximum Gasteiger partial charge on any atom is 0.242 e. The smallest absolute Gasteiger partial charge is 0.242 e. The molecular formula is C20H22FN3O. The van der Waals surface area contributed by atoms with Crippen LogP contribution in [0.5, 0.6) is 0 Å². The number of nitrogens with zero attached hydrogens (tertiary/aromatic N) is 3. The summed E-state index contributed by atoms with van der Waals surface area (Å²) in [4.78, 5) is 18.9. The second-order valence-electron chi connectivity index (χ2n) is 6.16. The third kappa shape index (κ3) is 3.55. The zero-order valence-electron chi connectivity index (χ0n) is 14.6. The number of hydrogen-bond acceptors (Lipinski definition) is 2. The second kappa shape index (κ2) is 7.47. The van der Waals surface area contributed by atoms with Gasteiger partial charge in [0.15, 0.2) is 0 Å². The van der Waals surface area contributed by atoms with Crippen molar-refractivity contribution in [3.8, 4) is 11.4 Å². The van der Waals surface area contributed by atoms with E-state index in [1.54, 1.807) is 34.7 Å². The Hall–Kier alpha value is -2.69. The van der Waals surface area contributed by atoms with Gasteiger partial charge >= 0.3 is 0 Å². The summed E-state index contributed by atoms with van der Waals surface area (Å²) in [5.41, 5.74) is 1.99. The van der Waals surface area contributed by atoms with E-state index in [2.05, 4.69) is 11.9 Å². The lowest BCUT2D eigenvalue weighted by Crippen LogP contribution is -2.31. The van der Waals surface area contributed by atoms with E-state index in [4.69, 9.17) is 0 Å². The Morgan fingerprint density at radius 2 is 1.88 bits per heavy atom. The first-order chi connectivity index (χ1) is 12.1. The predicted octanol–water partition coefficient (Wildman–Crippen LogP) is 4.10. The number of para-hydroxylation sites is 2. The summed E-state index contributed by atoms with van der Waals surface area (Å²) in [5, 5.41) is 0. The minimum atomic E-state index is -0.342. The Morgan fingerprint density at radius 1 is 1.16 bits per heavy atom. The van der Waals surface area contributed by atoms with Gasteiger partial charge in [0.1, 0.15) is 18.2 Å². The molecule has 0 bridgehead atoms. The molecule has 1 aromatic heterocycles. The van der Waals surface area contributed by atoms with E-state index in [0.29, 0.717) is 11.4 Å². The molecule has 0 N–H and O–H groups in total. The molecule has 0 unspecified atom stereocenters. The van der Waals surface area contributed by atoms with Crippen LogP contribution < -0.4 is 0 Å². The van der Waals surface area contributed by atoms with Crippen molar-refractivity contribution in [1.29, 1.82) is 0 Å². The van der Waals surface area contributed by atoms with Gasteiger partial charge in [-0.2, -0.15) is 0 Å². The van der Waals surface area contributed by atoms with Gasteiger partial charge in [0, 0.05) is 13.6 Å². The monoisotopic (exact) mass is 339 g/mol. The van der Waals surface area contributed by atoms with E-state index in [1.807, 2.05) is 24.3 Å². The first kappa shape index (κ1) is 17.1. The van der Waals surface area contributed by atoms with Gasteiger partial charge in [-0.15, -0.1) is 0 Å². The topological polar surface area (TPSA) is 38.1 Å². The molecule has 0 aliphatic carbocycles. The molecule has 25 heavy (non-hydrogen) atoms. The van der Waals surface area contributed by atoms with E-state index in [1.165, 1.54) is 6.07 Å². The molecule has 0 aliphatic heterocycles. The third-order valence-electron chi connectivity index (χ3n) is 4.34. The third-order valence-corrected chi connectivity index (χ3v) is 4.34. The number of rotatable bonds is 6. The molecule has 2 aromatic carbocycles. The number of likely N-dealkylation sites (N-methyl/N-ethyl adjacent to an activating group) is 1. The lowest BCUT2D eigenvalue weighted by atomic mass is 10.2. The number of fused-ring (bicyclic) bond motifs is 1. The maximum absolute atomic E-state index is 14.3. The average Bonchev–Trinajstić information content (AvgIpc) is 2.98. The Kier molecular flexibility index (Phi) is 5.12. The summed E-state index contributed by atoms with van der Waals surface area (Å²) in [6, 6.07) is 14.1. The summed E-state index contributed by atoms with van der Waals surface area (Å²) in [7, 11) is 1.81. The zero-order valence-corrected chi connectivity index (χ0v) is 14.6. The lowest BCUT2D eigenvalue weighted by Gasteiger charge is -2.18. The van der Waals surface area contributed by atoms with Crippen molar-refractivity contribution in [2.45, 2.75) is 26.3 Å². The highest BCUT2D eigenvalue weighted by molar-refractivity contribution is 5.84. The van der Waals surface area contributed by atoms with Crippen molar-refractivity contribution in [2.75, 3.05) is 13.6 Å². The normalized spacial score (nSPS) is 11.0. The highest BCUT2D eigenvalue weighted by atomic mass is 19.1. The van der Waals surface area contributed by atoms with Gasteiger partial charge in [-0.25, -0.2) is 9.37 Å². The van der Waals surface area contributed by atoms with E-state index in [0.717, 1.165) is 30.4 Å². The van der Waals surface area contributed by atoms with Gasteiger partial charge in [0.25, 0.3) is 0 Å².